The van der Waals surface area contributed by atoms with Crippen molar-refractivity contribution in [2.45, 2.75) is 18.7 Å². The van der Waals surface area contributed by atoms with Crippen molar-refractivity contribution in [3.05, 3.63) is 29.8 Å². The lowest BCUT2D eigenvalue weighted by Gasteiger charge is -2.09. The molecule has 84 valence electrons. The van der Waals surface area contributed by atoms with Crippen LogP contribution in [0.4, 0.5) is 0 Å². The minimum Gasteiger partial charge on any atom is -0.497 e. The van der Waals surface area contributed by atoms with Crippen LogP contribution >= 0.6 is 11.8 Å². The fraction of sp³-hybridized carbons (Fsp3) is 0.500. The van der Waals surface area contributed by atoms with Gasteiger partial charge < -0.3 is 10.1 Å². The quantitative estimate of drug-likeness (QED) is 0.804. The van der Waals surface area contributed by atoms with Gasteiger partial charge in [-0.25, -0.2) is 0 Å². The zero-order valence-corrected chi connectivity index (χ0v) is 10.4. The zero-order chi connectivity index (χ0) is 11.1. The number of thioether (sulfide) groups is 1. The molecule has 1 N–H and O–H groups in total. The van der Waals surface area contributed by atoms with Gasteiger partial charge in [0.15, 0.2) is 0 Å². The van der Waals surface area contributed by atoms with Gasteiger partial charge in [-0.1, -0.05) is 19.1 Å². The van der Waals surface area contributed by atoms with Gasteiger partial charge in [0.1, 0.15) is 5.75 Å². The van der Waals surface area contributed by atoms with Gasteiger partial charge in [-0.15, -0.1) is 0 Å². The summed E-state index contributed by atoms with van der Waals surface area (Å²) in [7, 11) is 1.69. The first-order valence-corrected chi connectivity index (χ1v) is 6.41. The summed E-state index contributed by atoms with van der Waals surface area (Å²) in [6.45, 7) is 4.20. The SMILES string of the molecule is COc1ccc(CNCC(C)SC)cc1. The van der Waals surface area contributed by atoms with Crippen molar-refractivity contribution in [2.75, 3.05) is 19.9 Å². The Balaban J connectivity index is 2.31. The molecule has 1 aromatic rings. The minimum atomic E-state index is 0.670. The average Bonchev–Trinajstić information content (AvgIpc) is 2.29. The first-order chi connectivity index (χ1) is 7.26. The predicted molar refractivity (Wildman–Crippen MR) is 67.7 cm³/mol. The van der Waals surface area contributed by atoms with Gasteiger partial charge in [0.05, 0.1) is 7.11 Å². The Morgan fingerprint density at radius 2 is 2.00 bits per heavy atom. The Morgan fingerprint density at radius 3 is 2.53 bits per heavy atom. The lowest BCUT2D eigenvalue weighted by atomic mass is 10.2. The molecule has 0 radical (unpaired) electrons. The summed E-state index contributed by atoms with van der Waals surface area (Å²) in [5.41, 5.74) is 1.30. The summed E-state index contributed by atoms with van der Waals surface area (Å²) in [6, 6.07) is 8.18. The molecule has 2 nitrogen and oxygen atoms in total. The number of nitrogens with one attached hydrogen (secondary N) is 1. The van der Waals surface area contributed by atoms with E-state index in [4.69, 9.17) is 4.74 Å². The highest BCUT2D eigenvalue weighted by Crippen LogP contribution is 2.11. The summed E-state index contributed by atoms with van der Waals surface area (Å²) >= 11 is 1.88. The van der Waals surface area contributed by atoms with E-state index in [-0.39, 0.29) is 0 Å². The number of benzene rings is 1. The molecule has 15 heavy (non-hydrogen) atoms. The van der Waals surface area contributed by atoms with Gasteiger partial charge in [-0.3, -0.25) is 0 Å². The zero-order valence-electron chi connectivity index (χ0n) is 9.62. The van der Waals surface area contributed by atoms with E-state index in [2.05, 4.69) is 30.6 Å². The standard InChI is InChI=1S/C12H19NOS/c1-10(15-3)8-13-9-11-4-6-12(14-2)7-5-11/h4-7,10,13H,8-9H2,1-3H3. The molecule has 0 saturated carbocycles. The Kier molecular flexibility index (Phi) is 5.58. The molecular weight excluding hydrogens is 206 g/mol. The third-order valence-electron chi connectivity index (χ3n) is 2.32. The average molecular weight is 225 g/mol. The van der Waals surface area contributed by atoms with E-state index in [1.54, 1.807) is 7.11 Å². The molecule has 0 aromatic heterocycles. The molecule has 0 bridgehead atoms. The molecule has 0 amide bonds. The molecule has 1 atom stereocenters. The highest BCUT2D eigenvalue weighted by atomic mass is 32.2. The number of methoxy groups -OCH3 is 1. The van der Waals surface area contributed by atoms with E-state index >= 15 is 0 Å². The molecule has 0 fully saturated rings. The molecule has 0 aliphatic rings. The van der Waals surface area contributed by atoms with Gasteiger partial charge in [-0.2, -0.15) is 11.8 Å². The fourth-order valence-corrected chi connectivity index (χ4v) is 1.53. The van der Waals surface area contributed by atoms with Crippen LogP contribution in [-0.4, -0.2) is 25.2 Å². The van der Waals surface area contributed by atoms with Crippen molar-refractivity contribution < 1.29 is 4.74 Å². The normalized spacial score (nSPS) is 12.5. The number of hydrogen-bond donors (Lipinski definition) is 1. The summed E-state index contributed by atoms with van der Waals surface area (Å²) in [5.74, 6) is 0.913. The van der Waals surface area contributed by atoms with Crippen LogP contribution in [-0.2, 0) is 6.54 Å². The van der Waals surface area contributed by atoms with Gasteiger partial charge >= 0.3 is 0 Å². The molecule has 1 unspecified atom stereocenters. The van der Waals surface area contributed by atoms with E-state index in [0.29, 0.717) is 5.25 Å². The third-order valence-corrected chi connectivity index (χ3v) is 3.29. The van der Waals surface area contributed by atoms with Crippen LogP contribution in [0.15, 0.2) is 24.3 Å². The van der Waals surface area contributed by atoms with E-state index < -0.39 is 0 Å². The van der Waals surface area contributed by atoms with Crippen LogP contribution < -0.4 is 10.1 Å². The molecule has 1 rings (SSSR count). The summed E-state index contributed by atoms with van der Waals surface area (Å²) in [4.78, 5) is 0. The van der Waals surface area contributed by atoms with Gasteiger partial charge in [0, 0.05) is 18.3 Å². The van der Waals surface area contributed by atoms with Gasteiger partial charge in [-0.05, 0) is 24.0 Å². The van der Waals surface area contributed by atoms with Crippen LogP contribution in [0, 0.1) is 0 Å². The van der Waals surface area contributed by atoms with E-state index in [0.717, 1.165) is 18.8 Å². The number of rotatable bonds is 6. The highest BCUT2D eigenvalue weighted by Gasteiger charge is 1.98. The Bertz CT molecular complexity index is 273. The van der Waals surface area contributed by atoms with E-state index in [1.807, 2.05) is 23.9 Å². The van der Waals surface area contributed by atoms with Crippen LogP contribution in [0.25, 0.3) is 0 Å². The van der Waals surface area contributed by atoms with Crippen molar-refractivity contribution in [1.29, 1.82) is 0 Å². The van der Waals surface area contributed by atoms with Crippen molar-refractivity contribution >= 4 is 11.8 Å². The smallest absolute Gasteiger partial charge is 0.118 e. The van der Waals surface area contributed by atoms with E-state index in [9.17, 15) is 0 Å². The molecule has 0 aliphatic carbocycles. The second kappa shape index (κ2) is 6.75. The third kappa shape index (κ3) is 4.58. The van der Waals surface area contributed by atoms with E-state index in [1.165, 1.54) is 5.56 Å². The highest BCUT2D eigenvalue weighted by molar-refractivity contribution is 7.99. The van der Waals surface area contributed by atoms with Crippen molar-refractivity contribution in [1.82, 2.24) is 5.32 Å². The fourth-order valence-electron chi connectivity index (χ4n) is 1.25. The Labute approximate surface area is 96.4 Å². The van der Waals surface area contributed by atoms with Crippen LogP contribution in [0.5, 0.6) is 5.75 Å². The second-order valence-corrected chi connectivity index (χ2v) is 4.80. The lowest BCUT2D eigenvalue weighted by Crippen LogP contribution is -2.21. The molecule has 0 heterocycles. The van der Waals surface area contributed by atoms with Gasteiger partial charge in [0.2, 0.25) is 0 Å². The minimum absolute atomic E-state index is 0.670. The van der Waals surface area contributed by atoms with Crippen LogP contribution in [0.1, 0.15) is 12.5 Å². The molecule has 0 spiro atoms. The first-order valence-electron chi connectivity index (χ1n) is 5.12. The van der Waals surface area contributed by atoms with Crippen molar-refractivity contribution in [2.24, 2.45) is 0 Å². The maximum absolute atomic E-state index is 5.11. The Hall–Kier alpha value is -0.670. The summed E-state index contributed by atoms with van der Waals surface area (Å²) < 4.78 is 5.11. The molecule has 0 saturated heterocycles. The van der Waals surface area contributed by atoms with Crippen LogP contribution in [0.3, 0.4) is 0 Å². The number of hydrogen-bond acceptors (Lipinski definition) is 3. The largest absolute Gasteiger partial charge is 0.497 e. The topological polar surface area (TPSA) is 21.3 Å². The Morgan fingerprint density at radius 1 is 1.33 bits per heavy atom. The molecule has 1 aromatic carbocycles. The predicted octanol–water partition coefficient (Wildman–Crippen LogP) is 2.54. The maximum atomic E-state index is 5.11. The molecule has 0 aliphatic heterocycles. The molecular formula is C12H19NOS. The van der Waals surface area contributed by atoms with Gasteiger partial charge in [0.25, 0.3) is 0 Å². The second-order valence-electron chi connectivity index (χ2n) is 3.53. The monoisotopic (exact) mass is 225 g/mol. The maximum Gasteiger partial charge on any atom is 0.118 e. The number of ether oxygens (including phenoxy) is 1. The van der Waals surface area contributed by atoms with Crippen molar-refractivity contribution in [3.63, 3.8) is 0 Å². The van der Waals surface area contributed by atoms with Crippen LogP contribution in [0.2, 0.25) is 0 Å². The molecule has 3 heteroatoms. The summed E-state index contributed by atoms with van der Waals surface area (Å²) in [5, 5.41) is 4.10. The lowest BCUT2D eigenvalue weighted by molar-refractivity contribution is 0.414. The van der Waals surface area contributed by atoms with Crippen molar-refractivity contribution in [3.8, 4) is 5.75 Å². The summed E-state index contributed by atoms with van der Waals surface area (Å²) in [6.07, 6.45) is 2.14. The first kappa shape index (κ1) is 12.4.